The SMILES string of the molecule is CC(=O)OC[C@@H]1O[C@H](c2cn(-c3ncc[nH]3)c(=O)[nH]c2=O)[C@@H](CC(=O)O)[C@H]1CC(=O)O. The van der Waals surface area contributed by atoms with E-state index in [1.807, 2.05) is 0 Å². The predicted octanol–water partition coefficient (Wildman–Crippen LogP) is -0.566. The van der Waals surface area contributed by atoms with Crippen molar-refractivity contribution in [2.75, 3.05) is 6.61 Å². The Bertz CT molecular complexity index is 1090. The van der Waals surface area contributed by atoms with Gasteiger partial charge in [-0.15, -0.1) is 0 Å². The molecule has 0 aliphatic carbocycles. The van der Waals surface area contributed by atoms with Crippen molar-refractivity contribution in [2.45, 2.75) is 32.0 Å². The van der Waals surface area contributed by atoms with Gasteiger partial charge in [0.05, 0.1) is 30.6 Å². The summed E-state index contributed by atoms with van der Waals surface area (Å²) in [5.74, 6) is -4.74. The van der Waals surface area contributed by atoms with Crippen molar-refractivity contribution in [3.8, 4) is 5.95 Å². The van der Waals surface area contributed by atoms with Crippen LogP contribution in [-0.2, 0) is 23.9 Å². The number of carboxylic acids is 2. The van der Waals surface area contributed by atoms with Gasteiger partial charge >= 0.3 is 23.6 Å². The molecule has 1 aliphatic rings. The van der Waals surface area contributed by atoms with Gasteiger partial charge in [-0.25, -0.2) is 14.3 Å². The van der Waals surface area contributed by atoms with Crippen molar-refractivity contribution in [1.29, 1.82) is 0 Å². The Hall–Kier alpha value is -3.74. The summed E-state index contributed by atoms with van der Waals surface area (Å²) in [5, 5.41) is 18.7. The smallest absolute Gasteiger partial charge is 0.335 e. The molecule has 2 aromatic heterocycles. The van der Waals surface area contributed by atoms with Crippen molar-refractivity contribution in [3.05, 3.63) is 45.0 Å². The van der Waals surface area contributed by atoms with Gasteiger partial charge in [0.1, 0.15) is 6.61 Å². The number of hydrogen-bond acceptors (Lipinski definition) is 8. The summed E-state index contributed by atoms with van der Waals surface area (Å²) in [5.41, 5.74) is -1.67. The van der Waals surface area contributed by atoms with Gasteiger partial charge in [0, 0.05) is 37.4 Å². The van der Waals surface area contributed by atoms with Crippen LogP contribution in [0.3, 0.4) is 0 Å². The molecule has 1 aliphatic heterocycles. The van der Waals surface area contributed by atoms with E-state index in [1.165, 1.54) is 18.6 Å². The maximum Gasteiger partial charge on any atom is 0.335 e. The lowest BCUT2D eigenvalue weighted by Crippen LogP contribution is -2.34. The fourth-order valence-electron chi connectivity index (χ4n) is 3.74. The summed E-state index contributed by atoms with van der Waals surface area (Å²) in [6.07, 6.45) is 0.942. The molecule has 3 rings (SSSR count). The first-order valence-electron chi connectivity index (χ1n) is 9.25. The highest BCUT2D eigenvalue weighted by Gasteiger charge is 2.48. The van der Waals surface area contributed by atoms with Crippen LogP contribution in [0, 0.1) is 11.8 Å². The molecule has 13 nitrogen and oxygen atoms in total. The van der Waals surface area contributed by atoms with E-state index < -0.39 is 66.0 Å². The highest BCUT2D eigenvalue weighted by atomic mass is 16.6. The van der Waals surface area contributed by atoms with Gasteiger partial charge in [-0.2, -0.15) is 0 Å². The van der Waals surface area contributed by atoms with E-state index in [1.54, 1.807) is 0 Å². The number of aromatic nitrogens is 4. The van der Waals surface area contributed by atoms with Crippen molar-refractivity contribution in [3.63, 3.8) is 0 Å². The number of H-pyrrole nitrogens is 2. The molecule has 4 atom stereocenters. The molecular weight excluding hydrogens is 416 g/mol. The Kier molecular flexibility index (Phi) is 6.34. The largest absolute Gasteiger partial charge is 0.481 e. The van der Waals surface area contributed by atoms with Crippen molar-refractivity contribution in [1.82, 2.24) is 19.5 Å². The maximum absolute atomic E-state index is 12.6. The molecule has 0 bridgehead atoms. The number of aliphatic carboxylic acids is 2. The van der Waals surface area contributed by atoms with Gasteiger partial charge in [-0.05, 0) is 0 Å². The molecular formula is C18H20N4O9. The molecule has 166 valence electrons. The molecule has 0 unspecified atom stereocenters. The van der Waals surface area contributed by atoms with Crippen LogP contribution in [0.2, 0.25) is 0 Å². The zero-order valence-corrected chi connectivity index (χ0v) is 16.3. The minimum absolute atomic E-state index is 0.0806. The van der Waals surface area contributed by atoms with Crippen LogP contribution < -0.4 is 11.2 Å². The number of aromatic amines is 2. The Morgan fingerprint density at radius 3 is 2.45 bits per heavy atom. The molecule has 13 heteroatoms. The van der Waals surface area contributed by atoms with E-state index in [2.05, 4.69) is 15.0 Å². The van der Waals surface area contributed by atoms with E-state index >= 15 is 0 Å². The van der Waals surface area contributed by atoms with Gasteiger partial charge in [0.15, 0.2) is 0 Å². The van der Waals surface area contributed by atoms with Crippen LogP contribution in [0.1, 0.15) is 31.4 Å². The van der Waals surface area contributed by atoms with Crippen LogP contribution in [-0.4, -0.2) is 60.4 Å². The number of imidazole rings is 1. The topological polar surface area (TPSA) is 194 Å². The minimum Gasteiger partial charge on any atom is -0.481 e. The van der Waals surface area contributed by atoms with Crippen LogP contribution in [0.5, 0.6) is 0 Å². The third-order valence-electron chi connectivity index (χ3n) is 5.00. The number of carbonyl (C=O) groups is 3. The summed E-state index contributed by atoms with van der Waals surface area (Å²) < 4.78 is 11.8. The number of esters is 1. The zero-order chi connectivity index (χ0) is 22.7. The van der Waals surface area contributed by atoms with Crippen molar-refractivity contribution >= 4 is 17.9 Å². The molecule has 0 spiro atoms. The van der Waals surface area contributed by atoms with Crippen LogP contribution in [0.25, 0.3) is 5.95 Å². The number of nitrogens with one attached hydrogen (secondary N) is 2. The van der Waals surface area contributed by atoms with Gasteiger partial charge in [-0.1, -0.05) is 0 Å². The number of carbonyl (C=O) groups excluding carboxylic acids is 1. The lowest BCUT2D eigenvalue weighted by atomic mass is 9.81. The average molecular weight is 436 g/mol. The van der Waals surface area contributed by atoms with E-state index in [0.29, 0.717) is 0 Å². The first kappa shape index (κ1) is 22.0. The summed E-state index contributed by atoms with van der Waals surface area (Å²) in [6, 6.07) is 0. The second-order valence-corrected chi connectivity index (χ2v) is 7.05. The van der Waals surface area contributed by atoms with Gasteiger partial charge in [0.25, 0.3) is 5.56 Å². The summed E-state index contributed by atoms with van der Waals surface area (Å²) in [4.78, 5) is 67.6. The monoisotopic (exact) mass is 436 g/mol. The molecule has 0 amide bonds. The van der Waals surface area contributed by atoms with Gasteiger partial charge in [-0.3, -0.25) is 24.2 Å². The highest BCUT2D eigenvalue weighted by Crippen LogP contribution is 2.45. The second-order valence-electron chi connectivity index (χ2n) is 7.05. The standard InChI is InChI=1S/C18H20N4O9/c1-8(23)30-7-12-9(4-13(24)25)10(5-14(26)27)15(31-12)11-6-22(17-19-2-3-20-17)18(29)21-16(11)28/h2-3,6,9-10,12,15H,4-5,7H2,1H3,(H,19,20)(H,24,25)(H,26,27)(H,21,28,29)/t9-,10+,12+,15+/m1/s1. The number of hydrogen-bond donors (Lipinski definition) is 4. The predicted molar refractivity (Wildman–Crippen MR) is 101 cm³/mol. The Labute approximate surface area is 173 Å². The molecule has 2 aromatic rings. The average Bonchev–Trinajstić information content (AvgIpc) is 3.29. The van der Waals surface area contributed by atoms with Crippen LogP contribution in [0.15, 0.2) is 28.2 Å². The van der Waals surface area contributed by atoms with Gasteiger partial charge < -0.3 is 24.7 Å². The normalized spacial score (nSPS) is 22.9. The molecule has 1 fully saturated rings. The Morgan fingerprint density at radius 2 is 1.87 bits per heavy atom. The zero-order valence-electron chi connectivity index (χ0n) is 16.3. The van der Waals surface area contributed by atoms with E-state index in [4.69, 9.17) is 9.47 Å². The van der Waals surface area contributed by atoms with Crippen LogP contribution in [0.4, 0.5) is 0 Å². The van der Waals surface area contributed by atoms with Gasteiger partial charge in [0.2, 0.25) is 5.95 Å². The first-order valence-corrected chi connectivity index (χ1v) is 9.25. The second kappa shape index (κ2) is 8.95. The summed E-state index contributed by atoms with van der Waals surface area (Å²) >= 11 is 0. The lowest BCUT2D eigenvalue weighted by Gasteiger charge is -2.21. The molecule has 31 heavy (non-hydrogen) atoms. The summed E-state index contributed by atoms with van der Waals surface area (Å²) in [7, 11) is 0. The van der Waals surface area contributed by atoms with Crippen molar-refractivity contribution < 1.29 is 34.1 Å². The summed E-state index contributed by atoms with van der Waals surface area (Å²) in [6.45, 7) is 0.854. The third-order valence-corrected chi connectivity index (χ3v) is 5.00. The third kappa shape index (κ3) is 4.88. The van der Waals surface area contributed by atoms with Crippen molar-refractivity contribution in [2.24, 2.45) is 11.8 Å². The molecule has 0 radical (unpaired) electrons. The minimum atomic E-state index is -1.22. The molecule has 1 saturated heterocycles. The molecule has 3 heterocycles. The molecule has 0 saturated carbocycles. The molecule has 0 aromatic carbocycles. The number of rotatable bonds is 8. The Balaban J connectivity index is 2.06. The van der Waals surface area contributed by atoms with E-state index in [9.17, 15) is 34.2 Å². The number of ether oxygens (including phenoxy) is 2. The number of nitrogens with zero attached hydrogens (tertiary/aromatic N) is 2. The quantitative estimate of drug-likeness (QED) is 0.389. The van der Waals surface area contributed by atoms with E-state index in [0.717, 1.165) is 11.5 Å². The Morgan fingerprint density at radius 1 is 1.19 bits per heavy atom. The van der Waals surface area contributed by atoms with E-state index in [-0.39, 0.29) is 18.1 Å². The fraction of sp³-hybridized carbons (Fsp3) is 0.444. The molecule has 4 N–H and O–H groups in total. The highest BCUT2D eigenvalue weighted by molar-refractivity contribution is 5.69. The lowest BCUT2D eigenvalue weighted by molar-refractivity contribution is -0.146. The maximum atomic E-state index is 12.6. The van der Waals surface area contributed by atoms with Crippen LogP contribution >= 0.6 is 0 Å². The first-order chi connectivity index (χ1) is 14.7. The fourth-order valence-corrected chi connectivity index (χ4v) is 3.74. The number of carboxylic acid groups (broad SMARTS) is 2.